The molecule has 0 unspecified atom stereocenters. The molecule has 19 heavy (non-hydrogen) atoms. The van der Waals surface area contributed by atoms with Gasteiger partial charge in [-0.1, -0.05) is 17.9 Å². The summed E-state index contributed by atoms with van der Waals surface area (Å²) in [5.41, 5.74) is 6.23. The van der Waals surface area contributed by atoms with Gasteiger partial charge in [0.05, 0.1) is 11.4 Å². The predicted octanol–water partition coefficient (Wildman–Crippen LogP) is 1.38. The fourth-order valence-electron chi connectivity index (χ4n) is 1.58. The van der Waals surface area contributed by atoms with Crippen LogP contribution in [0.15, 0.2) is 23.1 Å². The molecule has 0 saturated heterocycles. The van der Waals surface area contributed by atoms with E-state index in [1.54, 1.807) is 39.0 Å². The first kappa shape index (κ1) is 15.7. The van der Waals surface area contributed by atoms with Crippen LogP contribution in [0.3, 0.4) is 0 Å². The highest BCUT2D eigenvalue weighted by atomic mass is 32.2. The summed E-state index contributed by atoms with van der Waals surface area (Å²) in [6.07, 6.45) is 0. The third-order valence-corrected chi connectivity index (χ3v) is 4.01. The zero-order valence-corrected chi connectivity index (χ0v) is 12.6. The molecule has 1 aromatic rings. The molecular weight excluding hydrogens is 260 g/mol. The largest absolute Gasteiger partial charge is 0.320 e. The third-order valence-electron chi connectivity index (χ3n) is 2.19. The van der Waals surface area contributed by atoms with E-state index in [4.69, 9.17) is 5.73 Å². The van der Waals surface area contributed by atoms with Gasteiger partial charge < -0.3 is 5.73 Å². The van der Waals surface area contributed by atoms with Gasteiger partial charge >= 0.3 is 0 Å². The summed E-state index contributed by atoms with van der Waals surface area (Å²) in [4.78, 5) is 0.189. The molecule has 104 valence electrons. The summed E-state index contributed by atoms with van der Waals surface area (Å²) >= 11 is 0. The average molecular weight is 280 g/mol. The van der Waals surface area contributed by atoms with E-state index in [1.165, 1.54) is 0 Å². The van der Waals surface area contributed by atoms with Crippen LogP contribution < -0.4 is 10.5 Å². The number of sulfonamides is 1. The van der Waals surface area contributed by atoms with Crippen molar-refractivity contribution in [1.29, 1.82) is 0 Å². The van der Waals surface area contributed by atoms with Crippen LogP contribution in [0.5, 0.6) is 0 Å². The smallest absolute Gasteiger partial charge is 0.242 e. The van der Waals surface area contributed by atoms with Gasteiger partial charge in [0.15, 0.2) is 0 Å². The Bertz CT molecular complexity index is 617. The average Bonchev–Trinajstić information content (AvgIpc) is 2.22. The van der Waals surface area contributed by atoms with Crippen LogP contribution in [0.2, 0.25) is 0 Å². The Morgan fingerprint density at radius 1 is 1.32 bits per heavy atom. The van der Waals surface area contributed by atoms with E-state index < -0.39 is 15.6 Å². The Morgan fingerprint density at radius 2 is 1.95 bits per heavy atom. The lowest BCUT2D eigenvalue weighted by atomic mass is 10.1. The fraction of sp³-hybridized carbons (Fsp3) is 0.429. The molecule has 1 aromatic carbocycles. The van der Waals surface area contributed by atoms with Crippen molar-refractivity contribution in [1.82, 2.24) is 4.72 Å². The van der Waals surface area contributed by atoms with Crippen LogP contribution in [0.4, 0.5) is 0 Å². The molecule has 0 amide bonds. The standard InChI is InChI=1S/C14H20N2O2S/c1-11-7-8-13(12(10-11)6-5-9-15)19(17,18)16-14(2,3)4/h7-8,10,16H,9,15H2,1-4H3. The van der Waals surface area contributed by atoms with Gasteiger partial charge in [-0.25, -0.2) is 13.1 Å². The van der Waals surface area contributed by atoms with Gasteiger partial charge in [0, 0.05) is 11.1 Å². The molecule has 0 atom stereocenters. The van der Waals surface area contributed by atoms with Crippen molar-refractivity contribution in [3.8, 4) is 11.8 Å². The minimum atomic E-state index is -3.59. The summed E-state index contributed by atoms with van der Waals surface area (Å²) in [6, 6.07) is 5.08. The summed E-state index contributed by atoms with van der Waals surface area (Å²) in [7, 11) is -3.59. The fourth-order valence-corrected chi connectivity index (χ4v) is 3.14. The number of rotatable bonds is 2. The van der Waals surface area contributed by atoms with Crippen LogP contribution in [0, 0.1) is 18.8 Å². The molecule has 0 aliphatic rings. The second-order valence-corrected chi connectivity index (χ2v) is 7.01. The number of aryl methyl sites for hydroxylation is 1. The van der Waals surface area contributed by atoms with Crippen LogP contribution in [-0.4, -0.2) is 20.5 Å². The molecule has 0 bridgehead atoms. The van der Waals surface area contributed by atoms with Crippen LogP contribution >= 0.6 is 0 Å². The number of hydrogen-bond acceptors (Lipinski definition) is 3. The van der Waals surface area contributed by atoms with E-state index in [1.807, 2.05) is 6.92 Å². The van der Waals surface area contributed by atoms with Crippen LogP contribution in [0.25, 0.3) is 0 Å². The van der Waals surface area contributed by atoms with Gasteiger partial charge in [-0.05, 0) is 45.4 Å². The van der Waals surface area contributed by atoms with Crippen molar-refractivity contribution in [2.45, 2.75) is 38.1 Å². The maximum Gasteiger partial charge on any atom is 0.242 e. The highest BCUT2D eigenvalue weighted by molar-refractivity contribution is 7.89. The lowest BCUT2D eigenvalue weighted by Crippen LogP contribution is -2.40. The molecule has 0 spiro atoms. The second-order valence-electron chi connectivity index (χ2n) is 5.36. The molecule has 0 fully saturated rings. The molecule has 0 radical (unpaired) electrons. The summed E-state index contributed by atoms with van der Waals surface area (Å²) in [5, 5.41) is 0. The molecule has 1 rings (SSSR count). The predicted molar refractivity (Wildman–Crippen MR) is 77.2 cm³/mol. The van der Waals surface area contributed by atoms with E-state index in [2.05, 4.69) is 16.6 Å². The van der Waals surface area contributed by atoms with Gasteiger partial charge in [-0.3, -0.25) is 0 Å². The van der Waals surface area contributed by atoms with Gasteiger partial charge in [-0.15, -0.1) is 0 Å². The minimum Gasteiger partial charge on any atom is -0.320 e. The molecule has 0 aliphatic carbocycles. The Morgan fingerprint density at radius 3 is 2.47 bits per heavy atom. The van der Waals surface area contributed by atoms with Gasteiger partial charge in [0.2, 0.25) is 10.0 Å². The molecule has 0 aliphatic heterocycles. The number of nitrogens with two attached hydrogens (primary N) is 1. The Kier molecular flexibility index (Phi) is 4.75. The first-order valence-electron chi connectivity index (χ1n) is 5.99. The summed E-state index contributed by atoms with van der Waals surface area (Å²) < 4.78 is 27.3. The van der Waals surface area contributed by atoms with E-state index in [-0.39, 0.29) is 11.4 Å². The normalized spacial score (nSPS) is 11.8. The lowest BCUT2D eigenvalue weighted by Gasteiger charge is -2.21. The van der Waals surface area contributed by atoms with Crippen molar-refractivity contribution in [3.63, 3.8) is 0 Å². The quantitative estimate of drug-likeness (QED) is 0.804. The maximum atomic E-state index is 12.3. The van der Waals surface area contributed by atoms with Gasteiger partial charge in [0.25, 0.3) is 0 Å². The Labute approximate surface area is 115 Å². The molecular formula is C14H20N2O2S. The molecule has 4 nitrogen and oxygen atoms in total. The van der Waals surface area contributed by atoms with Gasteiger partial charge in [-0.2, -0.15) is 0 Å². The molecule has 0 saturated carbocycles. The van der Waals surface area contributed by atoms with E-state index >= 15 is 0 Å². The zero-order chi connectivity index (χ0) is 14.7. The highest BCUT2D eigenvalue weighted by Gasteiger charge is 2.24. The van der Waals surface area contributed by atoms with Crippen molar-refractivity contribution in [3.05, 3.63) is 29.3 Å². The van der Waals surface area contributed by atoms with Crippen molar-refractivity contribution in [2.75, 3.05) is 6.54 Å². The Hall–Kier alpha value is -1.35. The monoisotopic (exact) mass is 280 g/mol. The van der Waals surface area contributed by atoms with E-state index in [0.717, 1.165) is 5.56 Å². The first-order chi connectivity index (χ1) is 8.65. The van der Waals surface area contributed by atoms with Crippen LogP contribution in [-0.2, 0) is 10.0 Å². The molecule has 0 aromatic heterocycles. The van der Waals surface area contributed by atoms with Crippen molar-refractivity contribution < 1.29 is 8.42 Å². The first-order valence-corrected chi connectivity index (χ1v) is 7.47. The van der Waals surface area contributed by atoms with Crippen LogP contribution in [0.1, 0.15) is 31.9 Å². The third kappa shape index (κ3) is 4.67. The Balaban J connectivity index is 3.34. The highest BCUT2D eigenvalue weighted by Crippen LogP contribution is 2.18. The number of nitrogens with one attached hydrogen (secondary N) is 1. The lowest BCUT2D eigenvalue weighted by molar-refractivity contribution is 0.491. The number of hydrogen-bond donors (Lipinski definition) is 2. The van der Waals surface area contributed by atoms with Gasteiger partial charge in [0.1, 0.15) is 0 Å². The van der Waals surface area contributed by atoms with E-state index in [0.29, 0.717) is 5.56 Å². The molecule has 0 heterocycles. The summed E-state index contributed by atoms with van der Waals surface area (Å²) in [5.74, 6) is 5.50. The maximum absolute atomic E-state index is 12.3. The molecule has 3 N–H and O–H groups in total. The SMILES string of the molecule is Cc1ccc(S(=O)(=O)NC(C)(C)C)c(C#CCN)c1. The van der Waals surface area contributed by atoms with E-state index in [9.17, 15) is 8.42 Å². The topological polar surface area (TPSA) is 72.2 Å². The zero-order valence-electron chi connectivity index (χ0n) is 11.7. The molecule has 5 heteroatoms. The summed E-state index contributed by atoms with van der Waals surface area (Å²) in [6.45, 7) is 7.47. The van der Waals surface area contributed by atoms with Crippen molar-refractivity contribution in [2.24, 2.45) is 5.73 Å². The number of benzene rings is 1. The minimum absolute atomic E-state index is 0.189. The van der Waals surface area contributed by atoms with Crippen molar-refractivity contribution >= 4 is 10.0 Å². The second kappa shape index (κ2) is 5.74.